The molecule has 3 rings (SSSR count). The molecule has 23 heavy (non-hydrogen) atoms. The molecule has 1 spiro atoms. The van der Waals surface area contributed by atoms with E-state index in [1.165, 1.54) is 32.1 Å². The second kappa shape index (κ2) is 6.06. The number of hydrogen-bond acceptors (Lipinski definition) is 3. The van der Waals surface area contributed by atoms with Crippen LogP contribution < -0.4 is 0 Å². The number of methoxy groups -OCH3 is 1. The second-order valence-electron chi connectivity index (χ2n) is 8.74. The van der Waals surface area contributed by atoms with Crippen molar-refractivity contribution in [3.05, 3.63) is 0 Å². The lowest BCUT2D eigenvalue weighted by Crippen LogP contribution is -2.41. The first-order valence-electron chi connectivity index (χ1n) is 9.14. The van der Waals surface area contributed by atoms with E-state index >= 15 is 0 Å². The Bertz CT molecular complexity index is 503. The topological polar surface area (TPSA) is 38.7 Å². The summed E-state index contributed by atoms with van der Waals surface area (Å²) in [5, 5.41) is 10.4. The Morgan fingerprint density at radius 2 is 2.04 bits per heavy atom. The van der Waals surface area contributed by atoms with Gasteiger partial charge < -0.3 is 14.6 Å². The first-order chi connectivity index (χ1) is 10.8. The maximum Gasteiger partial charge on any atom is 0.147 e. The van der Waals surface area contributed by atoms with Crippen LogP contribution in [-0.2, 0) is 9.47 Å². The number of ether oxygens (including phenoxy) is 2. The second-order valence-corrected chi connectivity index (χ2v) is 8.74. The molecule has 3 nitrogen and oxygen atoms in total. The molecule has 0 bridgehead atoms. The van der Waals surface area contributed by atoms with Gasteiger partial charge in [0.25, 0.3) is 0 Å². The maximum absolute atomic E-state index is 10.4. The van der Waals surface area contributed by atoms with E-state index in [-0.39, 0.29) is 11.7 Å². The van der Waals surface area contributed by atoms with Gasteiger partial charge in [-0.05, 0) is 62.7 Å². The molecular weight excluding hydrogens is 288 g/mol. The van der Waals surface area contributed by atoms with Crippen LogP contribution in [0.25, 0.3) is 0 Å². The summed E-state index contributed by atoms with van der Waals surface area (Å²) < 4.78 is 10.6. The minimum absolute atomic E-state index is 0.0799. The van der Waals surface area contributed by atoms with Crippen molar-refractivity contribution < 1.29 is 14.6 Å². The Morgan fingerprint density at radius 3 is 2.78 bits per heavy atom. The number of aliphatic hydroxyl groups excluding tert-OH is 1. The predicted molar refractivity (Wildman–Crippen MR) is 90.7 cm³/mol. The smallest absolute Gasteiger partial charge is 0.147 e. The number of rotatable bonds is 4. The van der Waals surface area contributed by atoms with Crippen molar-refractivity contribution in [2.24, 2.45) is 22.7 Å². The minimum Gasteiger partial charge on any atom is -0.393 e. The van der Waals surface area contributed by atoms with Crippen LogP contribution in [0.1, 0.15) is 65.7 Å². The van der Waals surface area contributed by atoms with E-state index in [1.54, 1.807) is 7.11 Å². The van der Waals surface area contributed by atoms with Crippen LogP contribution in [0.3, 0.4) is 0 Å². The molecule has 3 fully saturated rings. The highest BCUT2D eigenvalue weighted by atomic mass is 16.7. The third-order valence-corrected chi connectivity index (χ3v) is 6.95. The van der Waals surface area contributed by atoms with Crippen LogP contribution in [-0.4, -0.2) is 30.7 Å². The first kappa shape index (κ1) is 17.3. The van der Waals surface area contributed by atoms with E-state index < -0.39 is 0 Å². The van der Waals surface area contributed by atoms with Crippen molar-refractivity contribution in [3.63, 3.8) is 0 Å². The molecule has 130 valence electrons. The van der Waals surface area contributed by atoms with Crippen LogP contribution in [0, 0.1) is 34.5 Å². The van der Waals surface area contributed by atoms with Gasteiger partial charge in [-0.25, -0.2) is 0 Å². The van der Waals surface area contributed by atoms with Gasteiger partial charge in [-0.3, -0.25) is 0 Å². The largest absolute Gasteiger partial charge is 0.393 e. The summed E-state index contributed by atoms with van der Waals surface area (Å²) in [5.74, 6) is 7.95. The van der Waals surface area contributed by atoms with Gasteiger partial charge in [0, 0.05) is 19.4 Å². The average molecular weight is 320 g/mol. The van der Waals surface area contributed by atoms with E-state index in [4.69, 9.17) is 9.47 Å². The fourth-order valence-electron chi connectivity index (χ4n) is 5.38. The maximum atomic E-state index is 10.4. The highest BCUT2D eigenvalue weighted by Gasteiger charge is 2.70. The minimum atomic E-state index is -0.256. The summed E-state index contributed by atoms with van der Waals surface area (Å²) in [7, 11) is 1.64. The third-order valence-electron chi connectivity index (χ3n) is 6.95. The molecule has 0 heterocycles. The zero-order valence-electron chi connectivity index (χ0n) is 15.2. The van der Waals surface area contributed by atoms with E-state index in [1.807, 2.05) is 0 Å². The molecular formula is C20H32O3. The Balaban J connectivity index is 1.62. The molecule has 0 unspecified atom stereocenters. The summed E-state index contributed by atoms with van der Waals surface area (Å²) in [6.07, 6.45) is 7.79. The van der Waals surface area contributed by atoms with Crippen LogP contribution >= 0.6 is 0 Å². The standard InChI is InChI=1S/C20H32O3/c1-18(2,23-14-22-4)10-5-7-15-13-20(15)12-9-16-17(21)8-6-11-19(16,20)3/h15-17,21H,6,8-14H2,1-4H3/t15-,16-,17-,19-,20-/m0/s1. The summed E-state index contributed by atoms with van der Waals surface area (Å²) in [4.78, 5) is 0. The van der Waals surface area contributed by atoms with Crippen LogP contribution in [0.4, 0.5) is 0 Å². The lowest BCUT2D eigenvalue weighted by molar-refractivity contribution is -0.111. The molecule has 0 saturated heterocycles. The summed E-state index contributed by atoms with van der Waals surface area (Å²) in [6, 6.07) is 0. The molecule has 0 aromatic carbocycles. The molecule has 0 amide bonds. The fourth-order valence-corrected chi connectivity index (χ4v) is 5.38. The predicted octanol–water partition coefficient (Wildman–Crippen LogP) is 3.75. The van der Waals surface area contributed by atoms with Gasteiger partial charge in [0.05, 0.1) is 11.7 Å². The van der Waals surface area contributed by atoms with Gasteiger partial charge in [0.15, 0.2) is 0 Å². The van der Waals surface area contributed by atoms with Gasteiger partial charge in [-0.1, -0.05) is 19.3 Å². The lowest BCUT2D eigenvalue weighted by Gasteiger charge is -2.44. The van der Waals surface area contributed by atoms with Crippen molar-refractivity contribution in [2.45, 2.75) is 77.4 Å². The number of fused-ring (bicyclic) bond motifs is 2. The number of aliphatic hydroxyl groups is 1. The Labute approximate surface area is 141 Å². The quantitative estimate of drug-likeness (QED) is 0.633. The number of hydrogen-bond donors (Lipinski definition) is 1. The van der Waals surface area contributed by atoms with Crippen molar-refractivity contribution in [1.29, 1.82) is 0 Å². The third kappa shape index (κ3) is 2.95. The molecule has 3 aliphatic rings. The normalized spacial score (nSPS) is 42.2. The van der Waals surface area contributed by atoms with Gasteiger partial charge in [-0.15, -0.1) is 5.92 Å². The van der Waals surface area contributed by atoms with Crippen LogP contribution in [0.15, 0.2) is 0 Å². The molecule has 0 aliphatic heterocycles. The van der Waals surface area contributed by atoms with Crippen LogP contribution in [0.5, 0.6) is 0 Å². The van der Waals surface area contributed by atoms with Gasteiger partial charge in [0.1, 0.15) is 6.79 Å². The molecule has 0 radical (unpaired) electrons. The lowest BCUT2D eigenvalue weighted by atomic mass is 9.62. The van der Waals surface area contributed by atoms with Gasteiger partial charge in [-0.2, -0.15) is 0 Å². The van der Waals surface area contributed by atoms with E-state index in [2.05, 4.69) is 32.6 Å². The Hall–Kier alpha value is -0.560. The molecule has 3 aliphatic carbocycles. The van der Waals surface area contributed by atoms with E-state index in [0.717, 1.165) is 12.8 Å². The first-order valence-corrected chi connectivity index (χ1v) is 9.14. The Morgan fingerprint density at radius 1 is 1.26 bits per heavy atom. The van der Waals surface area contributed by atoms with Crippen molar-refractivity contribution in [2.75, 3.05) is 13.9 Å². The zero-order chi connectivity index (χ0) is 16.7. The highest BCUT2D eigenvalue weighted by molar-refractivity contribution is 5.28. The monoisotopic (exact) mass is 320 g/mol. The SMILES string of the molecule is COCOC(C)(C)CC#C[C@H]1C[C@@]12CC[C@H]1[C@@H](O)CCC[C@@]12C. The van der Waals surface area contributed by atoms with Crippen LogP contribution in [0.2, 0.25) is 0 Å². The van der Waals surface area contributed by atoms with E-state index in [9.17, 15) is 5.11 Å². The molecule has 5 atom stereocenters. The fraction of sp³-hybridized carbons (Fsp3) is 0.900. The van der Waals surface area contributed by atoms with Crippen molar-refractivity contribution >= 4 is 0 Å². The molecule has 0 aromatic heterocycles. The molecule has 0 aromatic rings. The highest BCUT2D eigenvalue weighted by Crippen LogP contribution is 2.75. The van der Waals surface area contributed by atoms with Gasteiger partial charge >= 0.3 is 0 Å². The summed E-state index contributed by atoms with van der Waals surface area (Å²) in [6.45, 7) is 6.88. The summed E-state index contributed by atoms with van der Waals surface area (Å²) in [5.41, 5.74) is 0.448. The van der Waals surface area contributed by atoms with E-state index in [0.29, 0.717) is 29.5 Å². The molecule has 3 saturated carbocycles. The van der Waals surface area contributed by atoms with Gasteiger partial charge in [0.2, 0.25) is 0 Å². The summed E-state index contributed by atoms with van der Waals surface area (Å²) >= 11 is 0. The zero-order valence-corrected chi connectivity index (χ0v) is 15.2. The molecule has 3 heteroatoms. The van der Waals surface area contributed by atoms with Crippen molar-refractivity contribution in [1.82, 2.24) is 0 Å². The Kier molecular flexibility index (Phi) is 4.55. The molecule has 1 N–H and O–H groups in total. The van der Waals surface area contributed by atoms with Crippen molar-refractivity contribution in [3.8, 4) is 11.8 Å². The average Bonchev–Trinajstić information content (AvgIpc) is 3.11.